The first kappa shape index (κ1) is 15.6. The van der Waals surface area contributed by atoms with E-state index < -0.39 is 0 Å². The smallest absolute Gasteiger partial charge is 0.119 e. The number of aryl methyl sites for hydroxylation is 3. The van der Waals surface area contributed by atoms with Gasteiger partial charge in [-0.15, -0.1) is 0 Å². The van der Waals surface area contributed by atoms with Crippen LogP contribution in [0.4, 0.5) is 0 Å². The third kappa shape index (κ3) is 3.87. The molecule has 21 heavy (non-hydrogen) atoms. The largest absolute Gasteiger partial charge is 0.494 e. The van der Waals surface area contributed by atoms with Crippen molar-refractivity contribution in [2.24, 2.45) is 0 Å². The SMILES string of the molecule is CCCCOc1ccc(-c2cc(CC)ccc2C)c(C)c1. The van der Waals surface area contributed by atoms with Crippen LogP contribution in [0, 0.1) is 13.8 Å². The maximum atomic E-state index is 5.79. The lowest BCUT2D eigenvalue weighted by Crippen LogP contribution is -1.97. The number of unbranched alkanes of at least 4 members (excludes halogenated alkanes) is 1. The summed E-state index contributed by atoms with van der Waals surface area (Å²) < 4.78 is 5.79. The highest BCUT2D eigenvalue weighted by Crippen LogP contribution is 2.30. The third-order valence-electron chi connectivity index (χ3n) is 3.96. The summed E-state index contributed by atoms with van der Waals surface area (Å²) in [5.41, 5.74) is 6.64. The van der Waals surface area contributed by atoms with Gasteiger partial charge in [0.05, 0.1) is 6.61 Å². The van der Waals surface area contributed by atoms with Gasteiger partial charge in [-0.3, -0.25) is 0 Å². The number of rotatable bonds is 6. The Bertz CT molecular complexity index is 599. The zero-order valence-corrected chi connectivity index (χ0v) is 13.7. The lowest BCUT2D eigenvalue weighted by Gasteiger charge is -2.13. The topological polar surface area (TPSA) is 9.23 Å². The van der Waals surface area contributed by atoms with Crippen LogP contribution in [0.2, 0.25) is 0 Å². The van der Waals surface area contributed by atoms with Crippen molar-refractivity contribution in [2.45, 2.75) is 47.0 Å². The molecule has 0 saturated heterocycles. The summed E-state index contributed by atoms with van der Waals surface area (Å²) in [6.45, 7) is 9.53. The van der Waals surface area contributed by atoms with Crippen molar-refractivity contribution in [2.75, 3.05) is 6.61 Å². The second-order valence-corrected chi connectivity index (χ2v) is 5.68. The minimum atomic E-state index is 0.805. The molecule has 2 aromatic rings. The average molecular weight is 282 g/mol. The minimum absolute atomic E-state index is 0.805. The van der Waals surface area contributed by atoms with Crippen molar-refractivity contribution in [3.05, 3.63) is 53.1 Å². The summed E-state index contributed by atoms with van der Waals surface area (Å²) in [6.07, 6.45) is 3.35. The Labute approximate surface area is 129 Å². The summed E-state index contributed by atoms with van der Waals surface area (Å²) in [6, 6.07) is 13.2. The van der Waals surface area contributed by atoms with Gasteiger partial charge in [-0.2, -0.15) is 0 Å². The molecule has 0 atom stereocenters. The molecule has 2 aromatic carbocycles. The van der Waals surface area contributed by atoms with Gasteiger partial charge in [0.15, 0.2) is 0 Å². The van der Waals surface area contributed by atoms with Crippen LogP contribution in [0.15, 0.2) is 36.4 Å². The fraction of sp³-hybridized carbons (Fsp3) is 0.400. The minimum Gasteiger partial charge on any atom is -0.494 e. The van der Waals surface area contributed by atoms with Gasteiger partial charge in [0, 0.05) is 0 Å². The Balaban J connectivity index is 2.28. The van der Waals surface area contributed by atoms with Gasteiger partial charge in [0.1, 0.15) is 5.75 Å². The van der Waals surface area contributed by atoms with Gasteiger partial charge in [-0.1, -0.05) is 44.5 Å². The van der Waals surface area contributed by atoms with E-state index in [0.717, 1.165) is 25.2 Å². The highest BCUT2D eigenvalue weighted by atomic mass is 16.5. The Kier molecular flexibility index (Phi) is 5.44. The molecule has 0 N–H and O–H groups in total. The molecular weight excluding hydrogens is 256 g/mol. The van der Waals surface area contributed by atoms with E-state index in [-0.39, 0.29) is 0 Å². The van der Waals surface area contributed by atoms with Crippen LogP contribution in [-0.2, 0) is 6.42 Å². The molecule has 112 valence electrons. The molecule has 0 fully saturated rings. The van der Waals surface area contributed by atoms with E-state index in [1.807, 2.05) is 0 Å². The van der Waals surface area contributed by atoms with Crippen LogP contribution in [0.25, 0.3) is 11.1 Å². The molecule has 0 unspecified atom stereocenters. The van der Waals surface area contributed by atoms with Gasteiger partial charge >= 0.3 is 0 Å². The molecule has 0 radical (unpaired) electrons. The van der Waals surface area contributed by atoms with E-state index >= 15 is 0 Å². The summed E-state index contributed by atoms with van der Waals surface area (Å²) in [5, 5.41) is 0. The Morgan fingerprint density at radius 3 is 2.33 bits per heavy atom. The standard InChI is InChI=1S/C20H26O/c1-5-7-12-21-18-10-11-19(16(4)13-18)20-14-17(6-2)9-8-15(20)3/h8-11,13-14H,5-7,12H2,1-4H3. The second kappa shape index (κ2) is 7.31. The molecule has 0 heterocycles. The van der Waals surface area contributed by atoms with Gasteiger partial charge < -0.3 is 4.74 Å². The van der Waals surface area contributed by atoms with E-state index in [4.69, 9.17) is 4.74 Å². The lowest BCUT2D eigenvalue weighted by atomic mass is 9.94. The monoisotopic (exact) mass is 282 g/mol. The molecule has 0 aliphatic carbocycles. The predicted molar refractivity (Wildman–Crippen MR) is 91.1 cm³/mol. The maximum absolute atomic E-state index is 5.79. The van der Waals surface area contributed by atoms with Crippen molar-refractivity contribution >= 4 is 0 Å². The molecular formula is C20H26O. The van der Waals surface area contributed by atoms with Gasteiger partial charge in [-0.25, -0.2) is 0 Å². The van der Waals surface area contributed by atoms with Crippen molar-refractivity contribution in [3.8, 4) is 16.9 Å². The van der Waals surface area contributed by atoms with Crippen molar-refractivity contribution in [1.82, 2.24) is 0 Å². The Hall–Kier alpha value is -1.76. The number of ether oxygens (including phenoxy) is 1. The number of hydrogen-bond acceptors (Lipinski definition) is 1. The molecule has 1 nitrogen and oxygen atoms in total. The van der Waals surface area contributed by atoms with Crippen molar-refractivity contribution in [1.29, 1.82) is 0 Å². The second-order valence-electron chi connectivity index (χ2n) is 5.68. The highest BCUT2D eigenvalue weighted by molar-refractivity contribution is 5.71. The van der Waals surface area contributed by atoms with Gasteiger partial charge in [0.25, 0.3) is 0 Å². The zero-order valence-electron chi connectivity index (χ0n) is 13.7. The van der Waals surface area contributed by atoms with Crippen LogP contribution in [0.5, 0.6) is 5.75 Å². The van der Waals surface area contributed by atoms with Gasteiger partial charge in [0.2, 0.25) is 0 Å². The van der Waals surface area contributed by atoms with E-state index in [0.29, 0.717) is 0 Å². The molecule has 0 saturated carbocycles. The fourth-order valence-electron chi connectivity index (χ4n) is 2.54. The first-order chi connectivity index (χ1) is 10.2. The number of hydrogen-bond donors (Lipinski definition) is 0. The zero-order chi connectivity index (χ0) is 15.2. The van der Waals surface area contributed by atoms with E-state index in [1.54, 1.807) is 0 Å². The summed E-state index contributed by atoms with van der Waals surface area (Å²) in [5.74, 6) is 0.981. The Morgan fingerprint density at radius 1 is 0.857 bits per heavy atom. The predicted octanol–water partition coefficient (Wildman–Crippen LogP) is 5.71. The summed E-state index contributed by atoms with van der Waals surface area (Å²) in [7, 11) is 0. The van der Waals surface area contributed by atoms with Crippen LogP contribution < -0.4 is 4.74 Å². The Morgan fingerprint density at radius 2 is 1.67 bits per heavy atom. The van der Waals surface area contributed by atoms with E-state index in [9.17, 15) is 0 Å². The van der Waals surface area contributed by atoms with Crippen LogP contribution in [0.3, 0.4) is 0 Å². The lowest BCUT2D eigenvalue weighted by molar-refractivity contribution is 0.309. The first-order valence-corrected chi connectivity index (χ1v) is 7.99. The molecule has 0 aliphatic rings. The summed E-state index contributed by atoms with van der Waals surface area (Å²) in [4.78, 5) is 0. The normalized spacial score (nSPS) is 10.7. The van der Waals surface area contributed by atoms with E-state index in [2.05, 4.69) is 64.1 Å². The number of benzene rings is 2. The molecule has 0 aromatic heterocycles. The van der Waals surface area contributed by atoms with Gasteiger partial charge in [-0.05, 0) is 66.6 Å². The fourth-order valence-corrected chi connectivity index (χ4v) is 2.54. The molecule has 2 rings (SSSR count). The third-order valence-corrected chi connectivity index (χ3v) is 3.96. The van der Waals surface area contributed by atoms with Crippen molar-refractivity contribution < 1.29 is 4.74 Å². The first-order valence-electron chi connectivity index (χ1n) is 7.99. The van der Waals surface area contributed by atoms with Crippen molar-refractivity contribution in [3.63, 3.8) is 0 Å². The average Bonchev–Trinajstić information content (AvgIpc) is 2.49. The van der Waals surface area contributed by atoms with Crippen LogP contribution in [-0.4, -0.2) is 6.61 Å². The molecule has 1 heteroatoms. The van der Waals surface area contributed by atoms with E-state index in [1.165, 1.54) is 34.2 Å². The molecule has 0 aliphatic heterocycles. The highest BCUT2D eigenvalue weighted by Gasteiger charge is 2.07. The molecule has 0 spiro atoms. The van der Waals surface area contributed by atoms with Crippen LogP contribution >= 0.6 is 0 Å². The molecule has 0 bridgehead atoms. The maximum Gasteiger partial charge on any atom is 0.119 e. The summed E-state index contributed by atoms with van der Waals surface area (Å²) >= 11 is 0. The van der Waals surface area contributed by atoms with Crippen LogP contribution in [0.1, 0.15) is 43.4 Å². The quantitative estimate of drug-likeness (QED) is 0.616. The molecule has 0 amide bonds.